The molecule has 1 aromatic heterocycles. The number of likely N-dealkylation sites (N-methyl/N-ethyl adjacent to an activating group) is 1. The molecular formula is C12H19ClN4. The van der Waals surface area contributed by atoms with E-state index in [1.165, 1.54) is 30.6 Å². The Morgan fingerprint density at radius 3 is 3.06 bits per heavy atom. The molecule has 2 aliphatic rings. The van der Waals surface area contributed by atoms with Crippen LogP contribution in [0.5, 0.6) is 0 Å². The SMILES string of the molecule is CN1CCC[C@@H]2Cc3nc(N)ncc3C[C@H]21.Cl. The molecule has 94 valence electrons. The summed E-state index contributed by atoms with van der Waals surface area (Å²) in [6.07, 6.45) is 6.73. The fourth-order valence-corrected chi connectivity index (χ4v) is 3.16. The fourth-order valence-electron chi connectivity index (χ4n) is 3.16. The molecule has 0 spiro atoms. The van der Waals surface area contributed by atoms with E-state index in [0.29, 0.717) is 12.0 Å². The molecule has 2 atom stereocenters. The summed E-state index contributed by atoms with van der Waals surface area (Å²) < 4.78 is 0. The number of likely N-dealkylation sites (tertiary alicyclic amines) is 1. The summed E-state index contributed by atoms with van der Waals surface area (Å²) in [5.41, 5.74) is 8.12. The molecule has 1 aliphatic carbocycles. The summed E-state index contributed by atoms with van der Waals surface area (Å²) in [6.45, 7) is 1.23. The number of piperidine rings is 1. The molecule has 4 nitrogen and oxygen atoms in total. The smallest absolute Gasteiger partial charge is 0.220 e. The molecule has 5 heteroatoms. The van der Waals surface area contributed by atoms with Gasteiger partial charge in [0, 0.05) is 17.9 Å². The zero-order chi connectivity index (χ0) is 11.1. The number of nitrogens with zero attached hydrogens (tertiary/aromatic N) is 3. The second-order valence-electron chi connectivity index (χ2n) is 5.06. The van der Waals surface area contributed by atoms with Gasteiger partial charge in [-0.2, -0.15) is 0 Å². The molecule has 0 radical (unpaired) electrons. The van der Waals surface area contributed by atoms with E-state index in [2.05, 4.69) is 21.9 Å². The van der Waals surface area contributed by atoms with Gasteiger partial charge in [0.1, 0.15) is 0 Å². The van der Waals surface area contributed by atoms with Crippen LogP contribution in [0.2, 0.25) is 0 Å². The van der Waals surface area contributed by atoms with Crippen molar-refractivity contribution >= 4 is 18.4 Å². The third-order valence-electron chi connectivity index (χ3n) is 4.05. The average molecular weight is 255 g/mol. The molecule has 2 heterocycles. The molecule has 1 fully saturated rings. The number of fused-ring (bicyclic) bond motifs is 2. The maximum atomic E-state index is 5.64. The van der Waals surface area contributed by atoms with E-state index in [0.717, 1.165) is 18.8 Å². The van der Waals surface area contributed by atoms with E-state index in [4.69, 9.17) is 5.73 Å². The Morgan fingerprint density at radius 2 is 2.24 bits per heavy atom. The number of nitrogen functional groups attached to an aromatic ring is 1. The summed E-state index contributed by atoms with van der Waals surface area (Å²) in [6, 6.07) is 0.688. The van der Waals surface area contributed by atoms with Gasteiger partial charge in [0.05, 0.1) is 0 Å². The van der Waals surface area contributed by atoms with E-state index in [1.54, 1.807) is 0 Å². The quantitative estimate of drug-likeness (QED) is 0.758. The van der Waals surface area contributed by atoms with Crippen molar-refractivity contribution in [3.8, 4) is 0 Å². The minimum absolute atomic E-state index is 0. The highest BCUT2D eigenvalue weighted by Gasteiger charge is 2.34. The van der Waals surface area contributed by atoms with E-state index in [-0.39, 0.29) is 12.4 Å². The van der Waals surface area contributed by atoms with Gasteiger partial charge < -0.3 is 10.6 Å². The number of rotatable bonds is 0. The largest absolute Gasteiger partial charge is 0.368 e. The van der Waals surface area contributed by atoms with Gasteiger partial charge in [-0.1, -0.05) is 0 Å². The van der Waals surface area contributed by atoms with E-state index in [1.807, 2.05) is 6.20 Å². The van der Waals surface area contributed by atoms with Crippen molar-refractivity contribution in [2.75, 3.05) is 19.3 Å². The van der Waals surface area contributed by atoms with Crippen molar-refractivity contribution in [2.45, 2.75) is 31.7 Å². The summed E-state index contributed by atoms with van der Waals surface area (Å²) in [5.74, 6) is 1.18. The highest BCUT2D eigenvalue weighted by Crippen LogP contribution is 2.33. The number of aromatic nitrogens is 2. The van der Waals surface area contributed by atoms with Crippen LogP contribution in [-0.4, -0.2) is 34.5 Å². The number of nitrogens with two attached hydrogens (primary N) is 1. The highest BCUT2D eigenvalue weighted by molar-refractivity contribution is 5.85. The van der Waals surface area contributed by atoms with Crippen molar-refractivity contribution in [2.24, 2.45) is 5.92 Å². The second-order valence-corrected chi connectivity index (χ2v) is 5.06. The first-order valence-corrected chi connectivity index (χ1v) is 6.04. The predicted molar refractivity (Wildman–Crippen MR) is 70.2 cm³/mol. The first kappa shape index (κ1) is 12.6. The molecule has 0 bridgehead atoms. The number of halogens is 1. The molecular weight excluding hydrogens is 236 g/mol. The molecule has 1 aromatic rings. The predicted octanol–water partition coefficient (Wildman–Crippen LogP) is 1.29. The lowest BCUT2D eigenvalue weighted by Crippen LogP contribution is -2.47. The average Bonchev–Trinajstić information content (AvgIpc) is 2.27. The van der Waals surface area contributed by atoms with Crippen molar-refractivity contribution in [3.05, 3.63) is 17.5 Å². The molecule has 0 aromatic carbocycles. The third kappa shape index (κ3) is 2.24. The van der Waals surface area contributed by atoms with Crippen LogP contribution in [0.4, 0.5) is 5.95 Å². The van der Waals surface area contributed by atoms with Crippen LogP contribution in [0, 0.1) is 5.92 Å². The van der Waals surface area contributed by atoms with Crippen molar-refractivity contribution < 1.29 is 0 Å². The summed E-state index contributed by atoms with van der Waals surface area (Å²) in [4.78, 5) is 11.0. The van der Waals surface area contributed by atoms with Crippen LogP contribution in [0.15, 0.2) is 6.20 Å². The van der Waals surface area contributed by atoms with Crippen LogP contribution in [-0.2, 0) is 12.8 Å². The highest BCUT2D eigenvalue weighted by atomic mass is 35.5. The molecule has 0 amide bonds. The van der Waals surface area contributed by atoms with Crippen molar-refractivity contribution in [3.63, 3.8) is 0 Å². The van der Waals surface area contributed by atoms with Gasteiger partial charge in [-0.3, -0.25) is 0 Å². The summed E-state index contributed by atoms with van der Waals surface area (Å²) >= 11 is 0. The van der Waals surface area contributed by atoms with Crippen LogP contribution in [0.1, 0.15) is 24.1 Å². The molecule has 0 saturated carbocycles. The Labute approximate surface area is 108 Å². The van der Waals surface area contributed by atoms with Gasteiger partial charge in [-0.05, 0) is 50.8 Å². The van der Waals surface area contributed by atoms with Crippen LogP contribution in [0.25, 0.3) is 0 Å². The van der Waals surface area contributed by atoms with Crippen LogP contribution < -0.4 is 5.73 Å². The standard InChI is InChI=1S/C12H18N4.ClH/c1-16-4-2-3-8-5-10-9(6-11(8)16)7-14-12(13)15-10;/h7-8,11H,2-6H2,1H3,(H2,13,14,15);1H/t8-,11-;/m1./s1. The Hall–Kier alpha value is -0.870. The first-order valence-electron chi connectivity index (χ1n) is 6.04. The lowest BCUT2D eigenvalue weighted by molar-refractivity contribution is 0.111. The Balaban J connectivity index is 0.00000108. The summed E-state index contributed by atoms with van der Waals surface area (Å²) in [7, 11) is 2.24. The van der Waals surface area contributed by atoms with Crippen molar-refractivity contribution in [1.29, 1.82) is 0 Å². The topological polar surface area (TPSA) is 55.0 Å². The Bertz CT molecular complexity index is 409. The minimum atomic E-state index is 0. The molecule has 0 unspecified atom stereocenters. The molecule has 1 aliphatic heterocycles. The normalized spacial score (nSPS) is 27.8. The maximum Gasteiger partial charge on any atom is 0.220 e. The fraction of sp³-hybridized carbons (Fsp3) is 0.667. The van der Waals surface area contributed by atoms with Gasteiger partial charge in [0.15, 0.2) is 0 Å². The van der Waals surface area contributed by atoms with Gasteiger partial charge in [-0.25, -0.2) is 9.97 Å². The Kier molecular flexibility index (Phi) is 3.54. The molecule has 17 heavy (non-hydrogen) atoms. The zero-order valence-corrected chi connectivity index (χ0v) is 10.9. The van der Waals surface area contributed by atoms with Crippen LogP contribution >= 0.6 is 12.4 Å². The lowest BCUT2D eigenvalue weighted by Gasteiger charge is -2.42. The number of anilines is 1. The van der Waals surface area contributed by atoms with Crippen molar-refractivity contribution in [1.82, 2.24) is 14.9 Å². The Morgan fingerprint density at radius 1 is 1.41 bits per heavy atom. The lowest BCUT2D eigenvalue weighted by atomic mass is 9.77. The maximum absolute atomic E-state index is 5.64. The number of hydrogen-bond donors (Lipinski definition) is 1. The molecule has 2 N–H and O–H groups in total. The van der Waals surface area contributed by atoms with Gasteiger partial charge in [-0.15, -0.1) is 12.4 Å². The number of hydrogen-bond acceptors (Lipinski definition) is 4. The van der Waals surface area contributed by atoms with E-state index >= 15 is 0 Å². The van der Waals surface area contributed by atoms with E-state index in [9.17, 15) is 0 Å². The monoisotopic (exact) mass is 254 g/mol. The third-order valence-corrected chi connectivity index (χ3v) is 4.05. The molecule has 3 rings (SSSR count). The second kappa shape index (κ2) is 4.78. The first-order chi connectivity index (χ1) is 7.74. The van der Waals surface area contributed by atoms with Gasteiger partial charge in [0.2, 0.25) is 5.95 Å². The molecule has 1 saturated heterocycles. The van der Waals surface area contributed by atoms with Gasteiger partial charge >= 0.3 is 0 Å². The van der Waals surface area contributed by atoms with E-state index < -0.39 is 0 Å². The minimum Gasteiger partial charge on any atom is -0.368 e. The zero-order valence-electron chi connectivity index (χ0n) is 10.1. The van der Waals surface area contributed by atoms with Crippen LogP contribution in [0.3, 0.4) is 0 Å². The van der Waals surface area contributed by atoms with Gasteiger partial charge in [0.25, 0.3) is 0 Å². The summed E-state index contributed by atoms with van der Waals surface area (Å²) in [5, 5.41) is 0.